The van der Waals surface area contributed by atoms with Crippen LogP contribution in [-0.4, -0.2) is 6.29 Å². The van der Waals surface area contributed by atoms with Gasteiger partial charge >= 0.3 is 0 Å². The average Bonchev–Trinajstić information content (AvgIpc) is 2.61. The minimum absolute atomic E-state index is 0.201. The Hall–Kier alpha value is -0.630. The number of aldehydes is 1. The third-order valence-corrected chi connectivity index (χ3v) is 3.43. The van der Waals surface area contributed by atoms with E-state index in [1.807, 2.05) is 18.3 Å². The van der Waals surface area contributed by atoms with E-state index in [-0.39, 0.29) is 5.92 Å². The smallest absolute Gasteiger partial charge is 0.122 e. The van der Waals surface area contributed by atoms with Crippen LogP contribution in [0.2, 0.25) is 0 Å². The molecule has 0 aliphatic heterocycles. The highest BCUT2D eigenvalue weighted by atomic mass is 32.1. The lowest BCUT2D eigenvalue weighted by Crippen LogP contribution is -1.96. The van der Waals surface area contributed by atoms with Crippen LogP contribution in [0.3, 0.4) is 0 Å². The zero-order valence-corrected chi connectivity index (χ0v) is 9.06. The van der Waals surface area contributed by atoms with Crippen molar-refractivity contribution in [3.05, 3.63) is 21.9 Å². The van der Waals surface area contributed by atoms with Gasteiger partial charge in [-0.1, -0.05) is 13.8 Å². The minimum atomic E-state index is 0.201. The van der Waals surface area contributed by atoms with Gasteiger partial charge in [-0.05, 0) is 31.4 Å². The number of rotatable bonds is 5. The molecule has 0 aliphatic carbocycles. The molecule has 0 fully saturated rings. The lowest BCUT2D eigenvalue weighted by Gasteiger charge is -1.99. The number of hydrogen-bond donors (Lipinski definition) is 0. The SMILES string of the molecule is CCc1ccc(CCC(C)C=O)s1. The number of aryl methyl sites for hydroxylation is 2. The first-order valence-electron chi connectivity index (χ1n) is 4.79. The maximum Gasteiger partial charge on any atom is 0.122 e. The fourth-order valence-corrected chi connectivity index (χ4v) is 2.16. The molecule has 0 saturated heterocycles. The lowest BCUT2D eigenvalue weighted by molar-refractivity contribution is -0.110. The third kappa shape index (κ3) is 3.31. The van der Waals surface area contributed by atoms with Crippen LogP contribution in [-0.2, 0) is 17.6 Å². The number of carbonyl (C=O) groups is 1. The van der Waals surface area contributed by atoms with Gasteiger partial charge in [0.1, 0.15) is 6.29 Å². The molecular weight excluding hydrogens is 180 g/mol. The second-order valence-corrected chi connectivity index (χ2v) is 4.63. The van der Waals surface area contributed by atoms with Crippen LogP contribution in [0.25, 0.3) is 0 Å². The second kappa shape index (κ2) is 5.18. The van der Waals surface area contributed by atoms with E-state index >= 15 is 0 Å². The summed E-state index contributed by atoms with van der Waals surface area (Å²) in [7, 11) is 0. The summed E-state index contributed by atoms with van der Waals surface area (Å²) in [5.74, 6) is 0.201. The topological polar surface area (TPSA) is 17.1 Å². The maximum atomic E-state index is 10.4. The van der Waals surface area contributed by atoms with E-state index in [2.05, 4.69) is 19.1 Å². The van der Waals surface area contributed by atoms with Gasteiger partial charge in [0, 0.05) is 15.7 Å². The number of hydrogen-bond acceptors (Lipinski definition) is 2. The zero-order valence-electron chi connectivity index (χ0n) is 8.25. The second-order valence-electron chi connectivity index (χ2n) is 3.37. The van der Waals surface area contributed by atoms with Gasteiger partial charge in [-0.2, -0.15) is 0 Å². The van der Waals surface area contributed by atoms with E-state index in [1.165, 1.54) is 9.75 Å². The van der Waals surface area contributed by atoms with Gasteiger partial charge in [-0.15, -0.1) is 11.3 Å². The first-order chi connectivity index (χ1) is 6.26. The van der Waals surface area contributed by atoms with Crippen LogP contribution in [0.1, 0.15) is 30.0 Å². The normalized spacial score (nSPS) is 12.8. The molecule has 0 spiro atoms. The van der Waals surface area contributed by atoms with Gasteiger partial charge < -0.3 is 4.79 Å². The molecule has 0 radical (unpaired) electrons. The molecule has 1 nitrogen and oxygen atoms in total. The van der Waals surface area contributed by atoms with Crippen molar-refractivity contribution in [3.8, 4) is 0 Å². The van der Waals surface area contributed by atoms with Crippen LogP contribution in [0.5, 0.6) is 0 Å². The first-order valence-corrected chi connectivity index (χ1v) is 5.60. The molecule has 0 N–H and O–H groups in total. The Morgan fingerprint density at radius 1 is 1.46 bits per heavy atom. The summed E-state index contributed by atoms with van der Waals surface area (Å²) in [6.07, 6.45) is 4.18. The van der Waals surface area contributed by atoms with E-state index in [1.54, 1.807) is 0 Å². The monoisotopic (exact) mass is 196 g/mol. The number of thiophene rings is 1. The van der Waals surface area contributed by atoms with Gasteiger partial charge in [-0.3, -0.25) is 0 Å². The molecule has 1 rings (SSSR count). The fraction of sp³-hybridized carbons (Fsp3) is 0.545. The predicted molar refractivity (Wildman–Crippen MR) is 57.2 cm³/mol. The molecule has 72 valence electrons. The highest BCUT2D eigenvalue weighted by Gasteiger charge is 2.02. The fourth-order valence-electron chi connectivity index (χ4n) is 1.18. The molecule has 1 heterocycles. The molecule has 1 unspecified atom stereocenters. The molecule has 0 saturated carbocycles. The summed E-state index contributed by atoms with van der Waals surface area (Å²) in [4.78, 5) is 13.2. The van der Waals surface area contributed by atoms with E-state index in [0.29, 0.717) is 0 Å². The first kappa shape index (κ1) is 10.5. The third-order valence-electron chi connectivity index (χ3n) is 2.14. The summed E-state index contributed by atoms with van der Waals surface area (Å²) in [5, 5.41) is 0. The van der Waals surface area contributed by atoms with Gasteiger partial charge in [0.05, 0.1) is 0 Å². The van der Waals surface area contributed by atoms with Crippen molar-refractivity contribution in [2.24, 2.45) is 5.92 Å². The van der Waals surface area contributed by atoms with Crippen LogP contribution in [0.4, 0.5) is 0 Å². The van der Waals surface area contributed by atoms with Gasteiger partial charge in [0.25, 0.3) is 0 Å². The highest BCUT2D eigenvalue weighted by Crippen LogP contribution is 2.19. The van der Waals surface area contributed by atoms with E-state index in [0.717, 1.165) is 25.5 Å². The van der Waals surface area contributed by atoms with Crippen molar-refractivity contribution in [2.75, 3.05) is 0 Å². The Balaban J connectivity index is 2.40. The Kier molecular flexibility index (Phi) is 4.16. The van der Waals surface area contributed by atoms with E-state index in [9.17, 15) is 4.79 Å². The lowest BCUT2D eigenvalue weighted by atomic mass is 10.1. The Bertz CT molecular complexity index is 265. The summed E-state index contributed by atoms with van der Waals surface area (Å²) in [5.41, 5.74) is 0. The van der Waals surface area contributed by atoms with Gasteiger partial charge in [0.2, 0.25) is 0 Å². The Morgan fingerprint density at radius 2 is 2.15 bits per heavy atom. The van der Waals surface area contributed by atoms with Crippen molar-refractivity contribution in [3.63, 3.8) is 0 Å². The van der Waals surface area contributed by atoms with Gasteiger partial charge in [0.15, 0.2) is 0 Å². The molecule has 0 aromatic carbocycles. The zero-order chi connectivity index (χ0) is 9.68. The van der Waals surface area contributed by atoms with Crippen LogP contribution >= 0.6 is 11.3 Å². The summed E-state index contributed by atoms with van der Waals surface area (Å²) < 4.78 is 0. The summed E-state index contributed by atoms with van der Waals surface area (Å²) in [6.45, 7) is 4.14. The summed E-state index contributed by atoms with van der Waals surface area (Å²) >= 11 is 1.87. The van der Waals surface area contributed by atoms with Crippen molar-refractivity contribution >= 4 is 17.6 Å². The molecular formula is C11H16OS. The van der Waals surface area contributed by atoms with Crippen molar-refractivity contribution in [2.45, 2.75) is 33.1 Å². The largest absolute Gasteiger partial charge is 0.303 e. The summed E-state index contributed by atoms with van der Waals surface area (Å²) in [6, 6.07) is 4.37. The molecule has 0 aliphatic rings. The van der Waals surface area contributed by atoms with E-state index < -0.39 is 0 Å². The molecule has 2 heteroatoms. The Labute approximate surface area is 83.8 Å². The van der Waals surface area contributed by atoms with Crippen molar-refractivity contribution in [1.29, 1.82) is 0 Å². The molecule has 1 aromatic heterocycles. The highest BCUT2D eigenvalue weighted by molar-refractivity contribution is 7.11. The van der Waals surface area contributed by atoms with E-state index in [4.69, 9.17) is 0 Å². The average molecular weight is 196 g/mol. The Morgan fingerprint density at radius 3 is 2.69 bits per heavy atom. The van der Waals surface area contributed by atoms with Crippen LogP contribution in [0.15, 0.2) is 12.1 Å². The van der Waals surface area contributed by atoms with Crippen molar-refractivity contribution < 1.29 is 4.79 Å². The molecule has 1 aromatic rings. The number of carbonyl (C=O) groups excluding carboxylic acids is 1. The predicted octanol–water partition coefficient (Wildman–Crippen LogP) is 3.08. The quantitative estimate of drug-likeness (QED) is 0.661. The maximum absolute atomic E-state index is 10.4. The van der Waals surface area contributed by atoms with Crippen molar-refractivity contribution in [1.82, 2.24) is 0 Å². The van der Waals surface area contributed by atoms with Gasteiger partial charge in [-0.25, -0.2) is 0 Å². The molecule has 0 bridgehead atoms. The van der Waals surface area contributed by atoms with Crippen LogP contribution in [0, 0.1) is 5.92 Å². The molecule has 1 atom stereocenters. The minimum Gasteiger partial charge on any atom is -0.303 e. The standard InChI is InChI=1S/C11H16OS/c1-3-10-6-7-11(13-10)5-4-9(2)8-12/h6-9H,3-5H2,1-2H3. The molecule has 0 amide bonds. The molecule has 13 heavy (non-hydrogen) atoms. The van der Waals surface area contributed by atoms with Crippen LogP contribution < -0.4 is 0 Å².